The number of aryl methyl sites for hydroxylation is 3. The number of allylic oxidation sites excluding steroid dienone is 10. The average Bonchev–Trinajstić information content (AvgIpc) is 4.27. The molecule has 4 fully saturated rings. The van der Waals surface area contributed by atoms with E-state index in [2.05, 4.69) is 87.0 Å². The number of methoxy groups -OCH3 is 5. The van der Waals surface area contributed by atoms with Crippen LogP contribution in [0, 0.1) is 103 Å². The van der Waals surface area contributed by atoms with Crippen LogP contribution in [0.4, 0.5) is 0 Å². The standard InChI is InChI=1S/C21H26O2.C21H30O.2C11H16O.C11H14O.CH4.Ac/c1-4-21(22)12-10-19-18-7-5-14-13-15(23-3)6-8-16(14)17(18)9-11-20(19,21)2;1-4-15-6-10-20-19-8-5-14-13-16(22-3)7-9-17(14)18(19)11-12-21(15,20)2;3*1-12-11-7-6-9-4-2-3-5-10(9)8-11;;/h1,6,8,13,17-19,22H,5,7,9-12H2,2-3H3;4,7,15,18-20H,1,5-6,8-13H2,2-3H3;2*7H,2-6,8H2,1H3;6-8H,2-5H2,1H3;1H4;/t17?,18?,19?,20-,21-;15-,18?,19?,20?,21+;;;;;/m00...../s1. The van der Waals surface area contributed by atoms with Gasteiger partial charge in [0.2, 0.25) is 0 Å². The van der Waals surface area contributed by atoms with Gasteiger partial charge in [0.05, 0.1) is 52.8 Å². The van der Waals surface area contributed by atoms with Gasteiger partial charge >= 0.3 is 0 Å². The summed E-state index contributed by atoms with van der Waals surface area (Å²) in [5, 5.41) is 11.0. The molecule has 0 heterocycles. The molecule has 10 atom stereocenters. The topological polar surface area (TPSA) is 66.4 Å². The molecule has 4 saturated carbocycles. The Morgan fingerprint density at radius 2 is 1.06 bits per heavy atom. The minimum Gasteiger partial charge on any atom is -0.501 e. The van der Waals surface area contributed by atoms with E-state index in [4.69, 9.17) is 30.1 Å². The molecular weight excluding hydrogens is 1240 g/mol. The van der Waals surface area contributed by atoms with E-state index in [1.165, 1.54) is 162 Å². The van der Waals surface area contributed by atoms with Crippen LogP contribution < -0.4 is 9.47 Å². The van der Waals surface area contributed by atoms with Crippen LogP contribution >= 0.6 is 0 Å². The van der Waals surface area contributed by atoms with Crippen molar-refractivity contribution < 1.29 is 72.9 Å². The second-order valence-corrected chi connectivity index (χ2v) is 26.9. The van der Waals surface area contributed by atoms with Crippen LogP contribution in [0.25, 0.3) is 0 Å². The fraction of sp³-hybridized carbons (Fsp3) is 0.632. The molecule has 83 heavy (non-hydrogen) atoms. The van der Waals surface area contributed by atoms with Gasteiger partial charge in [-0.15, -0.1) is 13.0 Å². The third-order valence-corrected chi connectivity index (χ3v) is 23.4. The molecular formula is C76H106AcO6. The van der Waals surface area contributed by atoms with Gasteiger partial charge in [0, 0.05) is 68.7 Å². The molecule has 6 nitrogen and oxygen atoms in total. The number of aliphatic hydroxyl groups is 1. The molecule has 12 aliphatic carbocycles. The van der Waals surface area contributed by atoms with Gasteiger partial charge in [-0.25, -0.2) is 0 Å². The molecule has 1 N–H and O–H groups in total. The van der Waals surface area contributed by atoms with Crippen LogP contribution in [0.1, 0.15) is 223 Å². The van der Waals surface area contributed by atoms with Crippen molar-refractivity contribution in [3.8, 4) is 23.8 Å². The predicted octanol–water partition coefficient (Wildman–Crippen LogP) is 19.1. The Balaban J connectivity index is 0.000000139. The molecule has 14 rings (SSSR count). The minimum atomic E-state index is -0.900. The van der Waals surface area contributed by atoms with Gasteiger partial charge in [0.1, 0.15) is 17.1 Å². The molecule has 2 aromatic rings. The van der Waals surface area contributed by atoms with E-state index in [0.717, 1.165) is 106 Å². The maximum atomic E-state index is 11.0. The van der Waals surface area contributed by atoms with E-state index in [1.54, 1.807) is 61.9 Å². The van der Waals surface area contributed by atoms with Gasteiger partial charge in [-0.3, -0.25) is 0 Å². The van der Waals surface area contributed by atoms with Gasteiger partial charge in [0.25, 0.3) is 0 Å². The molecule has 449 valence electrons. The Morgan fingerprint density at radius 1 is 0.530 bits per heavy atom. The number of hydrogen-bond acceptors (Lipinski definition) is 6. The molecule has 6 unspecified atom stereocenters. The summed E-state index contributed by atoms with van der Waals surface area (Å²) >= 11 is 0. The third kappa shape index (κ3) is 14.0. The first-order valence-corrected chi connectivity index (χ1v) is 32.3. The van der Waals surface area contributed by atoms with Crippen LogP contribution in [0.2, 0.25) is 0 Å². The van der Waals surface area contributed by atoms with E-state index in [-0.39, 0.29) is 56.9 Å². The predicted molar refractivity (Wildman–Crippen MR) is 339 cm³/mol. The number of fused-ring (bicyclic) bond motifs is 10. The molecule has 0 saturated heterocycles. The van der Waals surface area contributed by atoms with Gasteiger partial charge in [-0.05, 0) is 285 Å². The second kappa shape index (κ2) is 29.5. The Kier molecular flexibility index (Phi) is 23.3. The molecule has 0 amide bonds. The number of ether oxygens (including phenoxy) is 5. The SMILES string of the molecule is C.C#C[C@]1(O)CCC2C3CCc4cc(OC)ccc4C3CC[C@@]21C.C=C[C@H]1CCC2C3CCC4=C(CC=C(OC)C4)C3CC[C@@]21C.COC1=CCC2=C(CCCC2)C1.COC1=CCC2=C(CCCC2)C1.COc1ccc2c(c1)CCCC2.[Ac]. The van der Waals surface area contributed by atoms with Crippen LogP contribution in [-0.4, -0.2) is 46.3 Å². The summed E-state index contributed by atoms with van der Waals surface area (Å²) in [6, 6.07) is 13.0. The minimum absolute atomic E-state index is 0. The van der Waals surface area contributed by atoms with E-state index in [9.17, 15) is 5.11 Å². The third-order valence-electron chi connectivity index (χ3n) is 23.4. The van der Waals surface area contributed by atoms with Crippen LogP contribution in [0.5, 0.6) is 11.5 Å². The van der Waals surface area contributed by atoms with Crippen molar-refractivity contribution in [1.82, 2.24) is 0 Å². The Hall–Kier alpha value is -3.42. The molecule has 0 aliphatic heterocycles. The quantitative estimate of drug-likeness (QED) is 0.230. The fourth-order valence-electron chi connectivity index (χ4n) is 18.6. The van der Waals surface area contributed by atoms with Gasteiger partial charge in [-0.2, -0.15) is 0 Å². The monoisotopic (exact) mass is 1340 g/mol. The van der Waals surface area contributed by atoms with Crippen LogP contribution in [0.3, 0.4) is 0 Å². The maximum absolute atomic E-state index is 11.0. The Labute approximate surface area is 539 Å². The summed E-state index contributed by atoms with van der Waals surface area (Å²) in [5.74, 6) is 13.6. The molecule has 12 aliphatic rings. The molecule has 0 spiro atoms. The summed E-state index contributed by atoms with van der Waals surface area (Å²) in [7, 11) is 8.84. The number of terminal acetylenes is 1. The van der Waals surface area contributed by atoms with E-state index < -0.39 is 5.60 Å². The van der Waals surface area contributed by atoms with E-state index in [0.29, 0.717) is 23.2 Å². The van der Waals surface area contributed by atoms with Gasteiger partial charge < -0.3 is 28.8 Å². The zero-order chi connectivity index (χ0) is 56.7. The summed E-state index contributed by atoms with van der Waals surface area (Å²) in [4.78, 5) is 0. The van der Waals surface area contributed by atoms with Gasteiger partial charge in [0.15, 0.2) is 0 Å². The molecule has 0 aromatic heterocycles. The van der Waals surface area contributed by atoms with Crippen molar-refractivity contribution >= 4 is 0 Å². The summed E-state index contributed by atoms with van der Waals surface area (Å²) in [5.41, 5.74) is 15.8. The van der Waals surface area contributed by atoms with Crippen molar-refractivity contribution in [1.29, 1.82) is 0 Å². The zero-order valence-corrected chi connectivity index (χ0v) is 56.6. The number of benzene rings is 2. The zero-order valence-electron chi connectivity index (χ0n) is 51.9. The van der Waals surface area contributed by atoms with Crippen molar-refractivity contribution in [2.75, 3.05) is 35.5 Å². The van der Waals surface area contributed by atoms with E-state index in [1.807, 2.05) is 7.11 Å². The summed E-state index contributed by atoms with van der Waals surface area (Å²) in [6.45, 7) is 8.95. The Bertz CT molecular complexity index is 2770. The van der Waals surface area contributed by atoms with Crippen LogP contribution in [0.15, 0.2) is 118 Å². The van der Waals surface area contributed by atoms with Gasteiger partial charge in [-0.1, -0.05) is 78.8 Å². The molecule has 1 radical (unpaired) electrons. The average molecular weight is 1340 g/mol. The normalized spacial score (nSPS) is 32.0. The molecule has 7 heteroatoms. The fourth-order valence-corrected chi connectivity index (χ4v) is 18.6. The smallest absolute Gasteiger partial charge is 0.130 e. The number of hydrogen-bond donors (Lipinski definition) is 1. The number of rotatable bonds is 6. The largest absolute Gasteiger partial charge is 0.501 e. The van der Waals surface area contributed by atoms with Crippen molar-refractivity contribution in [3.63, 3.8) is 0 Å². The van der Waals surface area contributed by atoms with Crippen molar-refractivity contribution in [2.45, 2.75) is 225 Å². The Morgan fingerprint density at radius 3 is 1.66 bits per heavy atom. The van der Waals surface area contributed by atoms with Crippen molar-refractivity contribution in [2.24, 2.45) is 46.3 Å². The molecule has 2 aromatic carbocycles. The second-order valence-electron chi connectivity index (χ2n) is 26.9. The van der Waals surface area contributed by atoms with Crippen molar-refractivity contribution in [3.05, 3.63) is 140 Å². The first-order valence-electron chi connectivity index (χ1n) is 32.3. The summed E-state index contributed by atoms with van der Waals surface area (Å²) < 4.78 is 26.6. The first-order chi connectivity index (χ1) is 39.4. The first kappa shape index (κ1) is 65.6. The van der Waals surface area contributed by atoms with E-state index >= 15 is 0 Å². The summed E-state index contributed by atoms with van der Waals surface area (Å²) in [6.07, 6.45) is 52.3. The molecule has 0 bridgehead atoms. The maximum Gasteiger partial charge on any atom is 0.130 e. The van der Waals surface area contributed by atoms with Crippen LogP contribution in [-0.2, 0) is 33.5 Å².